The molecule has 3 aromatic heterocycles. The van der Waals surface area contributed by atoms with E-state index in [1.54, 1.807) is 12.4 Å². The van der Waals surface area contributed by atoms with E-state index >= 15 is 0 Å². The van der Waals surface area contributed by atoms with Crippen molar-refractivity contribution in [1.29, 1.82) is 0 Å². The lowest BCUT2D eigenvalue weighted by molar-refractivity contribution is 0.511. The highest BCUT2D eigenvalue weighted by Gasteiger charge is 2.21. The maximum atomic E-state index is 5.94. The molecule has 4 rings (SSSR count). The zero-order valence-electron chi connectivity index (χ0n) is 12.1. The zero-order chi connectivity index (χ0) is 14.8. The molecular formula is C17H16N4O. The summed E-state index contributed by atoms with van der Waals surface area (Å²) in [7, 11) is 0. The SMILES string of the molecule is c1ccc(-c2nc3c(o2)CCCN(c2cccnc2)C3)nc1. The minimum Gasteiger partial charge on any atom is -0.440 e. The quantitative estimate of drug-likeness (QED) is 0.726. The van der Waals surface area contributed by atoms with Crippen molar-refractivity contribution in [2.75, 3.05) is 11.4 Å². The standard InChI is InChI=1S/C17H16N4O/c1-2-9-19-14(6-1)17-20-15-12-21(10-4-7-16(15)22-17)13-5-3-8-18-11-13/h1-3,5-6,8-9,11H,4,7,10,12H2. The van der Waals surface area contributed by atoms with Gasteiger partial charge in [-0.1, -0.05) is 6.07 Å². The molecule has 0 aliphatic carbocycles. The predicted molar refractivity (Wildman–Crippen MR) is 83.3 cm³/mol. The average molecular weight is 292 g/mol. The Bertz CT molecular complexity index is 755. The van der Waals surface area contributed by atoms with Crippen LogP contribution >= 0.6 is 0 Å². The van der Waals surface area contributed by atoms with Gasteiger partial charge >= 0.3 is 0 Å². The van der Waals surface area contributed by atoms with Crippen molar-refractivity contribution in [1.82, 2.24) is 15.0 Å². The van der Waals surface area contributed by atoms with Gasteiger partial charge in [-0.3, -0.25) is 9.97 Å². The van der Waals surface area contributed by atoms with Crippen LogP contribution in [0, 0.1) is 0 Å². The molecule has 110 valence electrons. The molecule has 0 atom stereocenters. The van der Waals surface area contributed by atoms with Gasteiger partial charge in [0, 0.05) is 25.4 Å². The number of aryl methyl sites for hydroxylation is 1. The van der Waals surface area contributed by atoms with Crippen LogP contribution in [0.25, 0.3) is 11.6 Å². The highest BCUT2D eigenvalue weighted by molar-refractivity contribution is 5.49. The van der Waals surface area contributed by atoms with Crippen LogP contribution in [0.1, 0.15) is 17.9 Å². The third-order valence-corrected chi connectivity index (χ3v) is 3.85. The highest BCUT2D eigenvalue weighted by atomic mass is 16.4. The van der Waals surface area contributed by atoms with Crippen molar-refractivity contribution < 1.29 is 4.42 Å². The molecule has 0 saturated heterocycles. The van der Waals surface area contributed by atoms with E-state index in [2.05, 4.69) is 25.9 Å². The first-order valence-electron chi connectivity index (χ1n) is 7.45. The molecule has 0 unspecified atom stereocenters. The molecule has 22 heavy (non-hydrogen) atoms. The molecule has 0 N–H and O–H groups in total. The number of hydrogen-bond donors (Lipinski definition) is 0. The number of anilines is 1. The summed E-state index contributed by atoms with van der Waals surface area (Å²) in [5, 5.41) is 0. The molecule has 4 heterocycles. The Labute approximate surface area is 128 Å². The van der Waals surface area contributed by atoms with Gasteiger partial charge in [-0.05, 0) is 30.7 Å². The summed E-state index contributed by atoms with van der Waals surface area (Å²) in [5.74, 6) is 1.59. The summed E-state index contributed by atoms with van der Waals surface area (Å²) in [5.41, 5.74) is 2.91. The fourth-order valence-electron chi connectivity index (χ4n) is 2.75. The van der Waals surface area contributed by atoms with Gasteiger partial charge in [-0.2, -0.15) is 0 Å². The van der Waals surface area contributed by atoms with E-state index in [0.29, 0.717) is 5.89 Å². The molecule has 3 aromatic rings. The molecular weight excluding hydrogens is 276 g/mol. The van der Waals surface area contributed by atoms with E-state index in [-0.39, 0.29) is 0 Å². The molecule has 0 aromatic carbocycles. The van der Waals surface area contributed by atoms with Crippen molar-refractivity contribution in [3.63, 3.8) is 0 Å². The Morgan fingerprint density at radius 1 is 1.09 bits per heavy atom. The van der Waals surface area contributed by atoms with Crippen molar-refractivity contribution in [2.24, 2.45) is 0 Å². The van der Waals surface area contributed by atoms with Crippen molar-refractivity contribution in [3.8, 4) is 11.6 Å². The first kappa shape index (κ1) is 13.0. The third-order valence-electron chi connectivity index (χ3n) is 3.85. The minimum absolute atomic E-state index is 0.610. The number of fused-ring (bicyclic) bond motifs is 1. The summed E-state index contributed by atoms with van der Waals surface area (Å²) >= 11 is 0. The molecule has 0 radical (unpaired) electrons. The highest BCUT2D eigenvalue weighted by Crippen LogP contribution is 2.26. The van der Waals surface area contributed by atoms with Gasteiger partial charge in [-0.25, -0.2) is 4.98 Å². The van der Waals surface area contributed by atoms with Gasteiger partial charge in [-0.15, -0.1) is 0 Å². The Morgan fingerprint density at radius 3 is 2.91 bits per heavy atom. The Morgan fingerprint density at radius 2 is 2.09 bits per heavy atom. The van der Waals surface area contributed by atoms with Gasteiger partial charge < -0.3 is 9.32 Å². The smallest absolute Gasteiger partial charge is 0.245 e. The number of pyridine rings is 2. The lowest BCUT2D eigenvalue weighted by Gasteiger charge is -2.21. The largest absolute Gasteiger partial charge is 0.440 e. The molecule has 0 bridgehead atoms. The van der Waals surface area contributed by atoms with Crippen LogP contribution in [0.2, 0.25) is 0 Å². The van der Waals surface area contributed by atoms with E-state index in [1.165, 1.54) is 0 Å². The van der Waals surface area contributed by atoms with Gasteiger partial charge in [0.15, 0.2) is 0 Å². The number of aromatic nitrogens is 3. The second-order valence-corrected chi connectivity index (χ2v) is 5.34. The van der Waals surface area contributed by atoms with E-state index in [0.717, 1.165) is 48.8 Å². The van der Waals surface area contributed by atoms with Gasteiger partial charge in [0.25, 0.3) is 0 Å². The van der Waals surface area contributed by atoms with Gasteiger partial charge in [0.05, 0.1) is 18.4 Å². The molecule has 5 nitrogen and oxygen atoms in total. The van der Waals surface area contributed by atoms with Crippen molar-refractivity contribution >= 4 is 5.69 Å². The van der Waals surface area contributed by atoms with Crippen LogP contribution in [0.15, 0.2) is 53.3 Å². The molecule has 0 spiro atoms. The summed E-state index contributed by atoms with van der Waals surface area (Å²) in [6.07, 6.45) is 7.39. The lowest BCUT2D eigenvalue weighted by atomic mass is 10.2. The molecule has 1 aliphatic heterocycles. The first-order valence-corrected chi connectivity index (χ1v) is 7.45. The van der Waals surface area contributed by atoms with Crippen molar-refractivity contribution in [2.45, 2.75) is 19.4 Å². The summed E-state index contributed by atoms with van der Waals surface area (Å²) < 4.78 is 5.94. The molecule has 5 heteroatoms. The van der Waals surface area contributed by atoms with E-state index < -0.39 is 0 Å². The van der Waals surface area contributed by atoms with E-state index in [4.69, 9.17) is 4.42 Å². The summed E-state index contributed by atoms with van der Waals surface area (Å²) in [4.78, 5) is 15.5. The number of rotatable bonds is 2. The van der Waals surface area contributed by atoms with Crippen LogP contribution < -0.4 is 4.90 Å². The average Bonchev–Trinajstić information content (AvgIpc) is 2.88. The summed E-state index contributed by atoms with van der Waals surface area (Å²) in [6.45, 7) is 1.73. The van der Waals surface area contributed by atoms with E-state index in [9.17, 15) is 0 Å². The Balaban J connectivity index is 1.65. The molecule has 0 fully saturated rings. The Kier molecular flexibility index (Phi) is 3.31. The second kappa shape index (κ2) is 5.60. The monoisotopic (exact) mass is 292 g/mol. The molecule has 0 saturated carbocycles. The zero-order valence-corrected chi connectivity index (χ0v) is 12.1. The predicted octanol–water partition coefficient (Wildman–Crippen LogP) is 3.08. The molecule has 0 amide bonds. The topological polar surface area (TPSA) is 55.1 Å². The second-order valence-electron chi connectivity index (χ2n) is 5.34. The first-order chi connectivity index (χ1) is 10.9. The van der Waals surface area contributed by atoms with Crippen LogP contribution in [-0.4, -0.2) is 21.5 Å². The van der Waals surface area contributed by atoms with Crippen molar-refractivity contribution in [3.05, 3.63) is 60.4 Å². The lowest BCUT2D eigenvalue weighted by Crippen LogP contribution is -2.22. The number of hydrogen-bond acceptors (Lipinski definition) is 5. The van der Waals surface area contributed by atoms with Crippen LogP contribution in [-0.2, 0) is 13.0 Å². The Hall–Kier alpha value is -2.69. The normalized spacial score (nSPS) is 14.5. The molecule has 1 aliphatic rings. The summed E-state index contributed by atoms with van der Waals surface area (Å²) in [6, 6.07) is 9.80. The fourth-order valence-corrected chi connectivity index (χ4v) is 2.75. The number of nitrogens with zero attached hydrogens (tertiary/aromatic N) is 4. The maximum absolute atomic E-state index is 5.94. The minimum atomic E-state index is 0.610. The van der Waals surface area contributed by atoms with E-state index in [1.807, 2.05) is 30.5 Å². The fraction of sp³-hybridized carbons (Fsp3) is 0.235. The van der Waals surface area contributed by atoms with Crippen LogP contribution in [0.5, 0.6) is 0 Å². The maximum Gasteiger partial charge on any atom is 0.245 e. The van der Waals surface area contributed by atoms with Gasteiger partial charge in [0.2, 0.25) is 5.89 Å². The van der Waals surface area contributed by atoms with Gasteiger partial charge in [0.1, 0.15) is 17.1 Å². The number of oxazole rings is 1. The third kappa shape index (κ3) is 2.45. The van der Waals surface area contributed by atoms with Crippen LogP contribution in [0.3, 0.4) is 0 Å². The van der Waals surface area contributed by atoms with Crippen LogP contribution in [0.4, 0.5) is 5.69 Å².